The minimum absolute atomic E-state index is 0. The van der Waals surface area contributed by atoms with Crippen molar-refractivity contribution in [2.45, 2.75) is 38.3 Å². The van der Waals surface area contributed by atoms with Crippen LogP contribution in [0.2, 0.25) is 0 Å². The Morgan fingerprint density at radius 1 is 1.36 bits per heavy atom. The summed E-state index contributed by atoms with van der Waals surface area (Å²) in [5.74, 6) is 0.909. The zero-order valence-corrected chi connectivity index (χ0v) is 18.6. The fourth-order valence-corrected chi connectivity index (χ4v) is 3.84. The molecule has 2 fully saturated rings. The van der Waals surface area contributed by atoms with Crippen molar-refractivity contribution in [2.75, 3.05) is 37.7 Å². The number of hydrogen-bond acceptors (Lipinski definition) is 3. The first-order valence-corrected chi connectivity index (χ1v) is 9.71. The van der Waals surface area contributed by atoms with Gasteiger partial charge in [0.1, 0.15) is 0 Å². The van der Waals surface area contributed by atoms with Crippen LogP contribution in [0.25, 0.3) is 0 Å². The molecule has 2 heterocycles. The molecule has 5 nitrogen and oxygen atoms in total. The van der Waals surface area contributed by atoms with E-state index < -0.39 is 0 Å². The lowest BCUT2D eigenvalue weighted by Gasteiger charge is -2.21. The van der Waals surface area contributed by atoms with E-state index in [-0.39, 0.29) is 24.0 Å². The van der Waals surface area contributed by atoms with Gasteiger partial charge in [0, 0.05) is 36.8 Å². The maximum Gasteiger partial charge on any atom is 0.191 e. The van der Waals surface area contributed by atoms with Crippen molar-refractivity contribution in [3.8, 4) is 0 Å². The highest BCUT2D eigenvalue weighted by Crippen LogP contribution is 2.28. The Morgan fingerprint density at radius 2 is 2.20 bits per heavy atom. The molecule has 2 aliphatic rings. The predicted molar refractivity (Wildman–Crippen MR) is 118 cm³/mol. The number of guanidine groups is 1. The van der Waals surface area contributed by atoms with Gasteiger partial charge in [0.2, 0.25) is 0 Å². The molecule has 0 amide bonds. The van der Waals surface area contributed by atoms with E-state index in [4.69, 9.17) is 9.73 Å². The van der Waals surface area contributed by atoms with E-state index in [0.29, 0.717) is 12.1 Å². The Bertz CT molecular complexity index is 566. The topological polar surface area (TPSA) is 48.9 Å². The van der Waals surface area contributed by atoms with Crippen LogP contribution >= 0.6 is 39.9 Å². The average molecular weight is 523 g/mol. The number of anilines is 1. The van der Waals surface area contributed by atoms with E-state index in [1.165, 1.54) is 5.69 Å². The molecule has 0 aliphatic carbocycles. The number of nitrogens with one attached hydrogen (secondary N) is 2. The molecule has 2 atom stereocenters. The molecule has 2 aliphatic heterocycles. The standard InChI is InChI=1S/C18H27BrN4O.HI/c1-2-20-18(21-12-15-6-5-11-24-15)22-14-9-10-23(13-14)17-8-4-3-7-16(17)19;/h3-4,7-8,14-15H,2,5-6,9-13H2,1H3,(H2,20,21,22);1H. The van der Waals surface area contributed by atoms with Crippen molar-refractivity contribution in [1.82, 2.24) is 10.6 Å². The van der Waals surface area contributed by atoms with Crippen molar-refractivity contribution in [2.24, 2.45) is 4.99 Å². The lowest BCUT2D eigenvalue weighted by Crippen LogP contribution is -2.45. The lowest BCUT2D eigenvalue weighted by molar-refractivity contribution is 0.117. The average Bonchev–Trinajstić information content (AvgIpc) is 3.25. The molecule has 0 bridgehead atoms. The van der Waals surface area contributed by atoms with Gasteiger partial charge in [0.25, 0.3) is 0 Å². The summed E-state index contributed by atoms with van der Waals surface area (Å²) >= 11 is 3.65. The van der Waals surface area contributed by atoms with E-state index in [0.717, 1.165) is 62.5 Å². The second-order valence-corrected chi connectivity index (χ2v) is 7.24. The summed E-state index contributed by atoms with van der Waals surface area (Å²) in [7, 11) is 0. The van der Waals surface area contributed by atoms with Gasteiger partial charge in [-0.3, -0.25) is 4.99 Å². The number of aliphatic imine (C=N–C) groups is 1. The van der Waals surface area contributed by atoms with Crippen molar-refractivity contribution in [3.05, 3.63) is 28.7 Å². The lowest BCUT2D eigenvalue weighted by atomic mass is 10.2. The van der Waals surface area contributed by atoms with Crippen LogP contribution in [0, 0.1) is 0 Å². The summed E-state index contributed by atoms with van der Waals surface area (Å²) in [6.07, 6.45) is 3.70. The van der Waals surface area contributed by atoms with Gasteiger partial charge >= 0.3 is 0 Å². The van der Waals surface area contributed by atoms with Gasteiger partial charge in [-0.1, -0.05) is 12.1 Å². The first-order chi connectivity index (χ1) is 11.8. The number of benzene rings is 1. The highest BCUT2D eigenvalue weighted by atomic mass is 127. The maximum atomic E-state index is 5.66. The van der Waals surface area contributed by atoms with Gasteiger partial charge in [0.05, 0.1) is 18.3 Å². The third-order valence-electron chi connectivity index (χ3n) is 4.54. The number of ether oxygens (including phenoxy) is 1. The molecular formula is C18H28BrIN4O. The number of para-hydroxylation sites is 1. The Morgan fingerprint density at radius 3 is 2.92 bits per heavy atom. The molecular weight excluding hydrogens is 495 g/mol. The molecule has 3 rings (SSSR count). The molecule has 1 aromatic carbocycles. The van der Waals surface area contributed by atoms with E-state index in [1.807, 2.05) is 0 Å². The van der Waals surface area contributed by atoms with E-state index >= 15 is 0 Å². The number of nitrogens with zero attached hydrogens (tertiary/aromatic N) is 2. The molecule has 0 spiro atoms. The van der Waals surface area contributed by atoms with E-state index in [9.17, 15) is 0 Å². The van der Waals surface area contributed by atoms with Crippen LogP contribution < -0.4 is 15.5 Å². The van der Waals surface area contributed by atoms with Gasteiger partial charge in [-0.2, -0.15) is 0 Å². The number of rotatable bonds is 5. The highest BCUT2D eigenvalue weighted by molar-refractivity contribution is 14.0. The van der Waals surface area contributed by atoms with E-state index in [2.05, 4.69) is 62.7 Å². The molecule has 0 saturated carbocycles. The Hall–Kier alpha value is -0.540. The molecule has 1 aromatic rings. The molecule has 2 saturated heterocycles. The second-order valence-electron chi connectivity index (χ2n) is 6.38. The Kier molecular flexibility index (Phi) is 8.78. The zero-order chi connectivity index (χ0) is 16.8. The Balaban J connectivity index is 0.00000225. The summed E-state index contributed by atoms with van der Waals surface area (Å²) in [4.78, 5) is 7.14. The molecule has 2 N–H and O–H groups in total. The molecule has 0 aromatic heterocycles. The van der Waals surface area contributed by atoms with Crippen molar-refractivity contribution < 1.29 is 4.74 Å². The minimum atomic E-state index is 0. The predicted octanol–water partition coefficient (Wildman–Crippen LogP) is 3.38. The van der Waals surface area contributed by atoms with Crippen molar-refractivity contribution in [1.29, 1.82) is 0 Å². The van der Waals surface area contributed by atoms with E-state index in [1.54, 1.807) is 0 Å². The summed E-state index contributed by atoms with van der Waals surface area (Å²) < 4.78 is 6.82. The summed E-state index contributed by atoms with van der Waals surface area (Å²) in [5, 5.41) is 6.94. The molecule has 2 unspecified atom stereocenters. The van der Waals surface area contributed by atoms with Crippen LogP contribution in [0.3, 0.4) is 0 Å². The van der Waals surface area contributed by atoms with Gasteiger partial charge in [-0.25, -0.2) is 0 Å². The second kappa shape index (κ2) is 10.6. The van der Waals surface area contributed by atoms with Crippen molar-refractivity contribution in [3.63, 3.8) is 0 Å². The van der Waals surface area contributed by atoms with Gasteiger partial charge in [-0.15, -0.1) is 24.0 Å². The fraction of sp³-hybridized carbons (Fsp3) is 0.611. The first kappa shape index (κ1) is 20.8. The quantitative estimate of drug-likeness (QED) is 0.353. The van der Waals surface area contributed by atoms with Gasteiger partial charge in [-0.05, 0) is 54.2 Å². The Labute approximate surface area is 176 Å². The smallest absolute Gasteiger partial charge is 0.191 e. The third kappa shape index (κ3) is 5.99. The van der Waals surface area contributed by atoms with Gasteiger partial charge in [0.15, 0.2) is 5.96 Å². The van der Waals surface area contributed by atoms with Crippen LogP contribution in [-0.4, -0.2) is 50.9 Å². The maximum absolute atomic E-state index is 5.66. The van der Waals surface area contributed by atoms with Crippen molar-refractivity contribution >= 4 is 51.6 Å². The zero-order valence-electron chi connectivity index (χ0n) is 14.7. The van der Waals surface area contributed by atoms with Crippen LogP contribution in [0.1, 0.15) is 26.2 Å². The van der Waals surface area contributed by atoms with Crippen LogP contribution in [-0.2, 0) is 4.74 Å². The highest BCUT2D eigenvalue weighted by Gasteiger charge is 2.24. The number of halogens is 2. The third-order valence-corrected chi connectivity index (χ3v) is 5.21. The van der Waals surface area contributed by atoms with Crippen LogP contribution in [0.5, 0.6) is 0 Å². The van der Waals surface area contributed by atoms with Gasteiger partial charge < -0.3 is 20.3 Å². The van der Waals surface area contributed by atoms with Crippen LogP contribution in [0.4, 0.5) is 5.69 Å². The number of hydrogen-bond donors (Lipinski definition) is 2. The largest absolute Gasteiger partial charge is 0.376 e. The summed E-state index contributed by atoms with van der Waals surface area (Å²) in [5.41, 5.74) is 1.27. The molecule has 25 heavy (non-hydrogen) atoms. The minimum Gasteiger partial charge on any atom is -0.376 e. The summed E-state index contributed by atoms with van der Waals surface area (Å²) in [6.45, 7) is 6.66. The molecule has 140 valence electrons. The fourth-order valence-electron chi connectivity index (χ4n) is 3.30. The monoisotopic (exact) mass is 522 g/mol. The van der Waals surface area contributed by atoms with Crippen LogP contribution in [0.15, 0.2) is 33.7 Å². The molecule has 0 radical (unpaired) electrons. The summed E-state index contributed by atoms with van der Waals surface area (Å²) in [6, 6.07) is 8.83. The normalized spacial score (nSPS) is 23.4. The first-order valence-electron chi connectivity index (χ1n) is 8.92. The SMILES string of the molecule is CCNC(=NCC1CCCO1)NC1CCN(c2ccccc2Br)C1.I. The molecule has 7 heteroatoms.